The zero-order valence-electron chi connectivity index (χ0n) is 15.0. The molecule has 11 heteroatoms. The van der Waals surface area contributed by atoms with E-state index in [1.807, 2.05) is 17.6 Å². The van der Waals surface area contributed by atoms with Crippen LogP contribution in [0.3, 0.4) is 0 Å². The molecule has 0 spiro atoms. The molecule has 1 aromatic carbocycles. The van der Waals surface area contributed by atoms with Crippen LogP contribution in [0.5, 0.6) is 0 Å². The SMILES string of the molecule is OC[C@H]1O[C@@H](n2cnc3c(SCc4ccc5ncsc5c4)ncnc32)[C@H](O)[C@@H]1O. The molecular formula is C18H17N5O4S2. The maximum absolute atomic E-state index is 10.3. The average molecular weight is 431 g/mol. The lowest BCUT2D eigenvalue weighted by atomic mass is 10.1. The van der Waals surface area contributed by atoms with Crippen LogP contribution in [0, 0.1) is 0 Å². The van der Waals surface area contributed by atoms with E-state index in [1.165, 1.54) is 12.7 Å². The summed E-state index contributed by atoms with van der Waals surface area (Å²) in [6.07, 6.45) is -1.16. The van der Waals surface area contributed by atoms with Gasteiger partial charge in [0.2, 0.25) is 0 Å². The maximum Gasteiger partial charge on any atom is 0.166 e. The molecule has 1 aliphatic rings. The number of imidazole rings is 1. The molecule has 1 fully saturated rings. The van der Waals surface area contributed by atoms with Crippen LogP contribution in [0.25, 0.3) is 21.4 Å². The molecule has 1 aliphatic heterocycles. The highest BCUT2D eigenvalue weighted by atomic mass is 32.2. The number of fused-ring (bicyclic) bond motifs is 2. The Hall–Kier alpha value is -2.15. The van der Waals surface area contributed by atoms with Crippen LogP contribution in [0.15, 0.2) is 41.4 Å². The van der Waals surface area contributed by atoms with Crippen molar-refractivity contribution in [2.24, 2.45) is 0 Å². The summed E-state index contributed by atoms with van der Waals surface area (Å²) < 4.78 is 8.30. The van der Waals surface area contributed by atoms with Crippen LogP contribution in [0.1, 0.15) is 11.8 Å². The second-order valence-corrected chi connectivity index (χ2v) is 8.53. The van der Waals surface area contributed by atoms with Crippen LogP contribution < -0.4 is 0 Å². The Morgan fingerprint density at radius 3 is 2.86 bits per heavy atom. The molecule has 4 atom stereocenters. The van der Waals surface area contributed by atoms with Gasteiger partial charge in [0.05, 0.1) is 28.7 Å². The summed E-state index contributed by atoms with van der Waals surface area (Å²) in [5.41, 5.74) is 5.07. The maximum atomic E-state index is 10.3. The molecule has 0 saturated carbocycles. The molecule has 3 N–H and O–H groups in total. The van der Waals surface area contributed by atoms with E-state index in [0.717, 1.165) is 15.8 Å². The van der Waals surface area contributed by atoms with Crippen molar-refractivity contribution in [3.63, 3.8) is 0 Å². The Labute approximate surface area is 173 Å². The summed E-state index contributed by atoms with van der Waals surface area (Å²) in [5.74, 6) is 0.709. The van der Waals surface area contributed by atoms with Crippen LogP contribution >= 0.6 is 23.1 Å². The lowest BCUT2D eigenvalue weighted by Gasteiger charge is -2.16. The molecule has 150 valence electrons. The Morgan fingerprint density at radius 1 is 1.14 bits per heavy atom. The topological polar surface area (TPSA) is 126 Å². The largest absolute Gasteiger partial charge is 0.394 e. The fourth-order valence-electron chi connectivity index (χ4n) is 3.37. The molecule has 4 heterocycles. The highest BCUT2D eigenvalue weighted by Crippen LogP contribution is 2.33. The first-order chi connectivity index (χ1) is 14.2. The van der Waals surface area contributed by atoms with Crippen molar-refractivity contribution >= 4 is 44.5 Å². The summed E-state index contributed by atoms with van der Waals surface area (Å²) in [5, 5.41) is 30.3. The summed E-state index contributed by atoms with van der Waals surface area (Å²) in [6.45, 7) is -0.387. The van der Waals surface area contributed by atoms with Gasteiger partial charge in [-0.3, -0.25) is 4.57 Å². The number of thioether (sulfide) groups is 1. The summed E-state index contributed by atoms with van der Waals surface area (Å²) in [6, 6.07) is 6.18. The molecule has 3 aromatic heterocycles. The minimum absolute atomic E-state index is 0.387. The van der Waals surface area contributed by atoms with Crippen molar-refractivity contribution in [3.8, 4) is 0 Å². The number of aliphatic hydroxyl groups excluding tert-OH is 3. The lowest BCUT2D eigenvalue weighted by Crippen LogP contribution is -2.33. The van der Waals surface area contributed by atoms with Gasteiger partial charge in [-0.25, -0.2) is 19.9 Å². The number of benzene rings is 1. The van der Waals surface area contributed by atoms with Crippen molar-refractivity contribution in [2.45, 2.75) is 35.3 Å². The van der Waals surface area contributed by atoms with E-state index in [1.54, 1.807) is 27.7 Å². The van der Waals surface area contributed by atoms with Gasteiger partial charge >= 0.3 is 0 Å². The van der Waals surface area contributed by atoms with E-state index >= 15 is 0 Å². The van der Waals surface area contributed by atoms with Gasteiger partial charge in [0.1, 0.15) is 35.2 Å². The molecule has 1 saturated heterocycles. The fraction of sp³-hybridized carbons (Fsp3) is 0.333. The van der Waals surface area contributed by atoms with E-state index in [-0.39, 0.29) is 6.61 Å². The van der Waals surface area contributed by atoms with Crippen molar-refractivity contribution in [1.29, 1.82) is 0 Å². The first-order valence-electron chi connectivity index (χ1n) is 8.90. The normalized spacial score (nSPS) is 24.7. The zero-order chi connectivity index (χ0) is 20.0. The molecule has 29 heavy (non-hydrogen) atoms. The first-order valence-corrected chi connectivity index (χ1v) is 10.8. The molecule has 5 rings (SSSR count). The summed E-state index contributed by atoms with van der Waals surface area (Å²) in [4.78, 5) is 17.3. The molecule has 0 amide bonds. The molecule has 0 aliphatic carbocycles. The van der Waals surface area contributed by atoms with Gasteiger partial charge in [0.15, 0.2) is 11.9 Å². The van der Waals surface area contributed by atoms with Gasteiger partial charge in [-0.1, -0.05) is 17.8 Å². The van der Waals surface area contributed by atoms with Crippen LogP contribution in [-0.2, 0) is 10.5 Å². The van der Waals surface area contributed by atoms with Crippen molar-refractivity contribution in [2.75, 3.05) is 6.61 Å². The smallest absolute Gasteiger partial charge is 0.166 e. The van der Waals surface area contributed by atoms with E-state index < -0.39 is 24.5 Å². The molecule has 9 nitrogen and oxygen atoms in total. The highest BCUT2D eigenvalue weighted by Gasteiger charge is 2.44. The van der Waals surface area contributed by atoms with Crippen molar-refractivity contribution < 1.29 is 20.1 Å². The lowest BCUT2D eigenvalue weighted by molar-refractivity contribution is -0.0511. The van der Waals surface area contributed by atoms with Crippen molar-refractivity contribution in [3.05, 3.63) is 41.9 Å². The molecule has 0 radical (unpaired) electrons. The minimum atomic E-state index is -1.19. The predicted octanol–water partition coefficient (Wildman–Crippen LogP) is 1.34. The monoisotopic (exact) mass is 431 g/mol. The van der Waals surface area contributed by atoms with E-state index in [4.69, 9.17) is 4.74 Å². The standard InChI is InChI=1S/C18H17N5O4S2/c24-4-11-14(25)15(26)18(27-11)23-7-21-13-16(23)19-6-20-17(13)28-5-9-1-2-10-12(3-9)29-8-22-10/h1-3,6-8,11,14-15,18,24-26H,4-5H2/t11-,14-,15-,18-/m1/s1. The third-order valence-electron chi connectivity index (χ3n) is 4.89. The minimum Gasteiger partial charge on any atom is -0.394 e. The van der Waals surface area contributed by atoms with Gasteiger partial charge in [-0.15, -0.1) is 11.3 Å². The molecular weight excluding hydrogens is 414 g/mol. The molecule has 0 bridgehead atoms. The number of nitrogens with zero attached hydrogens (tertiary/aromatic N) is 5. The van der Waals surface area contributed by atoms with Gasteiger partial charge in [0.25, 0.3) is 0 Å². The van der Waals surface area contributed by atoms with E-state index in [9.17, 15) is 15.3 Å². The second kappa shape index (κ2) is 7.59. The Morgan fingerprint density at radius 2 is 2.03 bits per heavy atom. The van der Waals surface area contributed by atoms with Crippen LogP contribution in [0.4, 0.5) is 0 Å². The number of rotatable bonds is 5. The number of aromatic nitrogens is 5. The number of hydrogen-bond acceptors (Lipinski definition) is 10. The third-order valence-corrected chi connectivity index (χ3v) is 6.73. The fourth-order valence-corrected chi connectivity index (χ4v) is 5.00. The van der Waals surface area contributed by atoms with Crippen LogP contribution in [0.2, 0.25) is 0 Å². The Kier molecular flexibility index (Phi) is 4.94. The summed E-state index contributed by atoms with van der Waals surface area (Å²) >= 11 is 3.15. The number of hydrogen-bond donors (Lipinski definition) is 3. The van der Waals surface area contributed by atoms with E-state index in [2.05, 4.69) is 26.0 Å². The Balaban J connectivity index is 1.41. The van der Waals surface area contributed by atoms with Crippen LogP contribution in [-0.4, -0.2) is 64.7 Å². The highest BCUT2D eigenvalue weighted by molar-refractivity contribution is 7.98. The van der Waals surface area contributed by atoms with Gasteiger partial charge in [-0.05, 0) is 17.7 Å². The molecule has 4 aromatic rings. The third kappa shape index (κ3) is 3.29. The number of ether oxygens (including phenoxy) is 1. The number of thiazole rings is 1. The van der Waals surface area contributed by atoms with Gasteiger partial charge in [-0.2, -0.15) is 0 Å². The quantitative estimate of drug-likeness (QED) is 0.317. The number of aliphatic hydroxyl groups is 3. The zero-order valence-corrected chi connectivity index (χ0v) is 16.6. The first kappa shape index (κ1) is 18.9. The van der Waals surface area contributed by atoms with Gasteiger partial charge in [0, 0.05) is 5.75 Å². The van der Waals surface area contributed by atoms with E-state index in [0.29, 0.717) is 21.9 Å². The Bertz CT molecular complexity index is 1170. The summed E-state index contributed by atoms with van der Waals surface area (Å²) in [7, 11) is 0. The molecule has 0 unspecified atom stereocenters. The van der Waals surface area contributed by atoms with Crippen molar-refractivity contribution in [1.82, 2.24) is 24.5 Å². The van der Waals surface area contributed by atoms with Gasteiger partial charge < -0.3 is 20.1 Å². The average Bonchev–Trinajstić information content (AvgIpc) is 3.44. The second-order valence-electron chi connectivity index (χ2n) is 6.67. The predicted molar refractivity (Wildman–Crippen MR) is 108 cm³/mol.